The SMILES string of the molecule is CC(C)(C)OC(=O)Nc1ccccc1NC(=O)c1ccc(Cl)nc1.Nc1ccccc1NC(=O)c1ccc(N2CCC3(CC2)C(=O)NCN3c2ccccc2)nc1.O=C1NCN(c2ccccc2)C12CCCCC2.[B]. The van der Waals surface area contributed by atoms with E-state index in [1.54, 1.807) is 75.5 Å². The average Bonchev–Trinajstić information content (AvgIpc) is 3.89. The zero-order valence-corrected chi connectivity index (χ0v) is 43.1. The molecule has 19 heteroatoms. The number of ether oxygens (including phenoxy) is 1. The summed E-state index contributed by atoms with van der Waals surface area (Å²) in [5.41, 5.74) is 9.48. The van der Waals surface area contributed by atoms with Crippen LogP contribution in [0.5, 0.6) is 0 Å². The van der Waals surface area contributed by atoms with Crippen LogP contribution in [0.25, 0.3) is 0 Å². The predicted octanol–water partition coefficient (Wildman–Crippen LogP) is 9.09. The van der Waals surface area contributed by atoms with Gasteiger partial charge in [0.05, 0.1) is 47.2 Å². The third-order valence-corrected chi connectivity index (χ3v) is 13.6. The molecule has 0 unspecified atom stereocenters. The third kappa shape index (κ3) is 13.2. The number of aromatic nitrogens is 2. The summed E-state index contributed by atoms with van der Waals surface area (Å²) < 4.78 is 5.21. The van der Waals surface area contributed by atoms with E-state index in [2.05, 4.69) is 63.4 Å². The first-order valence-electron chi connectivity index (χ1n) is 24.7. The number of anilines is 7. The molecule has 4 aromatic carbocycles. The summed E-state index contributed by atoms with van der Waals surface area (Å²) in [6.45, 7) is 7.90. The molecule has 4 fully saturated rings. The number of nitrogens with zero attached hydrogens (tertiary/aromatic N) is 5. The van der Waals surface area contributed by atoms with Crippen LogP contribution in [0.3, 0.4) is 0 Å². The number of benzene rings is 4. The molecule has 3 saturated heterocycles. The molecule has 0 atom stereocenters. The molecular formula is C56H62BClN11O6. The Balaban J connectivity index is 0.000000172. The molecule has 7 N–H and O–H groups in total. The van der Waals surface area contributed by atoms with Gasteiger partial charge in [-0.1, -0.05) is 91.5 Å². The van der Waals surface area contributed by atoms with Crippen LogP contribution in [0, 0.1) is 0 Å². The predicted molar refractivity (Wildman–Crippen MR) is 296 cm³/mol. The fraction of sp³-hybridized carbons (Fsp3) is 0.304. The quantitative estimate of drug-likeness (QED) is 0.0478. The maximum Gasteiger partial charge on any atom is 0.412 e. The zero-order chi connectivity index (χ0) is 52.3. The summed E-state index contributed by atoms with van der Waals surface area (Å²) in [7, 11) is 0. The first-order valence-corrected chi connectivity index (χ1v) is 25.1. The van der Waals surface area contributed by atoms with Crippen LogP contribution in [-0.2, 0) is 14.3 Å². The third-order valence-electron chi connectivity index (χ3n) is 13.4. The Bertz CT molecular complexity index is 2910. The lowest BCUT2D eigenvalue weighted by Gasteiger charge is -2.43. The minimum Gasteiger partial charge on any atom is -0.444 e. The maximum absolute atomic E-state index is 12.8. The topological polar surface area (TPSA) is 216 Å². The van der Waals surface area contributed by atoms with Gasteiger partial charge in [0.2, 0.25) is 11.8 Å². The maximum atomic E-state index is 12.8. The van der Waals surface area contributed by atoms with E-state index in [9.17, 15) is 24.0 Å². The number of hydrogen-bond donors (Lipinski definition) is 6. The summed E-state index contributed by atoms with van der Waals surface area (Å²) in [4.78, 5) is 76.7. The molecule has 4 aliphatic rings. The number of halogens is 1. The zero-order valence-electron chi connectivity index (χ0n) is 42.4. The molecular weight excluding hydrogens is 969 g/mol. The number of para-hydroxylation sites is 6. The molecule has 387 valence electrons. The number of rotatable bonds is 8. The highest BCUT2D eigenvalue weighted by Gasteiger charge is 2.51. The Kier molecular flexibility index (Phi) is 17.7. The number of nitrogen functional groups attached to an aromatic ring is 1. The molecule has 2 spiro atoms. The Labute approximate surface area is 444 Å². The second kappa shape index (κ2) is 24.3. The largest absolute Gasteiger partial charge is 0.444 e. The van der Waals surface area contributed by atoms with Gasteiger partial charge in [-0.3, -0.25) is 24.5 Å². The standard InChI is InChI=1S/C25H26N6O2.C17H18ClN3O3.C14H18N2O.B/c26-20-8-4-5-9-21(20)29-23(32)18-10-11-22(27-16-18)30-14-12-25(13-15-30)24(33)28-17-31(25)19-6-2-1-3-7-19;1-17(2,3)24-16(23)21-13-7-5-4-6-12(13)20-15(22)11-8-9-14(18)19-10-11;17-13-14(9-5-2-6-10-14)16(11-15-13)12-7-3-1-4-8-12;/h1-11,16H,12-15,17,26H2,(H,28,33)(H,29,32);4-10H,1-3H3,(H,20,22)(H,21,23);1,3-4,7-8H,2,5-6,9-11H2,(H,15,17);. The van der Waals surface area contributed by atoms with Gasteiger partial charge >= 0.3 is 6.09 Å². The van der Waals surface area contributed by atoms with Crippen molar-refractivity contribution >= 4 is 89.7 Å². The molecule has 5 amide bonds. The van der Waals surface area contributed by atoms with Crippen LogP contribution < -0.4 is 47.0 Å². The van der Waals surface area contributed by atoms with Gasteiger partial charge in [0, 0.05) is 45.3 Å². The molecule has 75 heavy (non-hydrogen) atoms. The van der Waals surface area contributed by atoms with E-state index in [1.807, 2.05) is 66.7 Å². The van der Waals surface area contributed by atoms with Gasteiger partial charge in [0.15, 0.2) is 0 Å². The second-order valence-corrected chi connectivity index (χ2v) is 19.8. The van der Waals surface area contributed by atoms with E-state index in [1.165, 1.54) is 18.7 Å². The van der Waals surface area contributed by atoms with Crippen molar-refractivity contribution in [1.29, 1.82) is 0 Å². The number of nitrogens with one attached hydrogen (secondary N) is 5. The minimum absolute atomic E-state index is 0. The van der Waals surface area contributed by atoms with Crippen molar-refractivity contribution < 1.29 is 28.7 Å². The fourth-order valence-electron chi connectivity index (χ4n) is 9.64. The Morgan fingerprint density at radius 1 is 0.600 bits per heavy atom. The van der Waals surface area contributed by atoms with Crippen LogP contribution in [0.2, 0.25) is 5.15 Å². The van der Waals surface area contributed by atoms with E-state index in [0.29, 0.717) is 78.3 Å². The number of pyridine rings is 2. The summed E-state index contributed by atoms with van der Waals surface area (Å²) in [6, 6.07) is 41.0. The van der Waals surface area contributed by atoms with Crippen LogP contribution in [0.15, 0.2) is 146 Å². The highest BCUT2D eigenvalue weighted by molar-refractivity contribution is 6.29. The van der Waals surface area contributed by atoms with Crippen molar-refractivity contribution in [2.45, 2.75) is 82.4 Å². The number of hydrogen-bond acceptors (Lipinski definition) is 12. The number of piperidine rings is 1. The van der Waals surface area contributed by atoms with E-state index < -0.39 is 17.2 Å². The lowest BCUT2D eigenvalue weighted by atomic mass is 9.80. The lowest BCUT2D eigenvalue weighted by Crippen LogP contribution is -2.56. The van der Waals surface area contributed by atoms with Gasteiger partial charge in [-0.05, 0) is 119 Å². The lowest BCUT2D eigenvalue weighted by molar-refractivity contribution is -0.125. The van der Waals surface area contributed by atoms with Crippen LogP contribution in [-0.4, -0.2) is 91.2 Å². The second-order valence-electron chi connectivity index (χ2n) is 19.4. The van der Waals surface area contributed by atoms with Gasteiger partial charge in [-0.15, -0.1) is 0 Å². The molecule has 10 rings (SSSR count). The highest BCUT2D eigenvalue weighted by Crippen LogP contribution is 2.40. The highest BCUT2D eigenvalue weighted by atomic mass is 35.5. The molecule has 0 bridgehead atoms. The van der Waals surface area contributed by atoms with Crippen molar-refractivity contribution in [2.75, 3.05) is 62.8 Å². The minimum atomic E-state index is -0.614. The van der Waals surface area contributed by atoms with Gasteiger partial charge in [0.1, 0.15) is 27.6 Å². The van der Waals surface area contributed by atoms with Crippen LogP contribution >= 0.6 is 11.6 Å². The molecule has 6 aromatic rings. The van der Waals surface area contributed by atoms with Crippen molar-refractivity contribution in [3.8, 4) is 0 Å². The molecule has 1 saturated carbocycles. The molecule has 1 aliphatic carbocycles. The Morgan fingerprint density at radius 2 is 1.07 bits per heavy atom. The molecule has 2 aromatic heterocycles. The Morgan fingerprint density at radius 3 is 1.56 bits per heavy atom. The van der Waals surface area contributed by atoms with Crippen molar-refractivity contribution in [1.82, 2.24) is 20.6 Å². The smallest absolute Gasteiger partial charge is 0.412 e. The Hall–Kier alpha value is -8.12. The molecule has 3 aliphatic heterocycles. The summed E-state index contributed by atoms with van der Waals surface area (Å²) in [6.07, 6.45) is 9.33. The molecule has 5 heterocycles. The van der Waals surface area contributed by atoms with E-state index >= 15 is 0 Å². The monoisotopic (exact) mass is 1030 g/mol. The van der Waals surface area contributed by atoms with Crippen molar-refractivity contribution in [2.24, 2.45) is 0 Å². The number of carbonyl (C=O) groups is 5. The van der Waals surface area contributed by atoms with Gasteiger partial charge < -0.3 is 46.4 Å². The first-order chi connectivity index (χ1) is 35.6. The summed E-state index contributed by atoms with van der Waals surface area (Å²) >= 11 is 5.71. The van der Waals surface area contributed by atoms with Crippen molar-refractivity contribution in [3.63, 3.8) is 0 Å². The number of nitrogens with two attached hydrogens (primary N) is 1. The molecule has 3 radical (unpaired) electrons. The van der Waals surface area contributed by atoms with Crippen LogP contribution in [0.4, 0.5) is 44.7 Å². The first kappa shape index (κ1) is 54.7. The fourth-order valence-corrected chi connectivity index (χ4v) is 9.75. The average molecular weight is 1030 g/mol. The van der Waals surface area contributed by atoms with Crippen molar-refractivity contribution in [3.05, 3.63) is 162 Å². The van der Waals surface area contributed by atoms with Gasteiger partial charge in [0.25, 0.3) is 11.8 Å². The summed E-state index contributed by atoms with van der Waals surface area (Å²) in [5.74, 6) is 0.487. The number of carbonyl (C=O) groups excluding carboxylic acids is 5. The summed E-state index contributed by atoms with van der Waals surface area (Å²) in [5, 5.41) is 14.5. The molecule has 17 nitrogen and oxygen atoms in total. The van der Waals surface area contributed by atoms with Crippen LogP contribution in [0.1, 0.15) is 86.4 Å². The normalized spacial score (nSPS) is 16.2. The van der Waals surface area contributed by atoms with Gasteiger partial charge in [-0.2, -0.15) is 0 Å². The van der Waals surface area contributed by atoms with Gasteiger partial charge in [-0.25, -0.2) is 14.8 Å². The van der Waals surface area contributed by atoms with E-state index in [-0.39, 0.29) is 37.6 Å². The number of amides is 5. The van der Waals surface area contributed by atoms with E-state index in [4.69, 9.17) is 22.1 Å². The van der Waals surface area contributed by atoms with E-state index in [0.717, 1.165) is 42.9 Å².